The van der Waals surface area contributed by atoms with Gasteiger partial charge in [0, 0.05) is 17.9 Å². The Morgan fingerprint density at radius 2 is 2.47 bits per heavy atom. The fourth-order valence-corrected chi connectivity index (χ4v) is 2.08. The highest BCUT2D eigenvalue weighted by atomic mass is 32.2. The molecule has 0 aliphatic heterocycles. The molecule has 1 atom stereocenters. The van der Waals surface area contributed by atoms with Crippen LogP contribution < -0.4 is 11.3 Å². The molecule has 0 radical (unpaired) electrons. The Hall–Kier alpha value is -1.05. The Morgan fingerprint density at radius 1 is 1.76 bits per heavy atom. The number of rotatable bonds is 6. The van der Waals surface area contributed by atoms with Crippen LogP contribution in [0.4, 0.5) is 0 Å². The molecule has 0 fully saturated rings. The normalized spacial score (nSPS) is 12.8. The summed E-state index contributed by atoms with van der Waals surface area (Å²) in [6.07, 6.45) is 2.07. The predicted octanol–water partition coefficient (Wildman–Crippen LogP) is 0.461. The highest BCUT2D eigenvalue weighted by Crippen LogP contribution is 2.10. The molecule has 0 aliphatic carbocycles. The maximum absolute atomic E-state index is 11.2. The molecule has 1 rings (SSSR count). The molecule has 0 spiro atoms. The van der Waals surface area contributed by atoms with Gasteiger partial charge in [0.15, 0.2) is 11.5 Å². The second kappa shape index (κ2) is 6.63. The molecule has 96 valence electrons. The number of amides is 1. The van der Waals surface area contributed by atoms with Crippen molar-refractivity contribution in [2.75, 3.05) is 19.1 Å². The summed E-state index contributed by atoms with van der Waals surface area (Å²) in [5, 5.41) is 3.65. The maximum Gasteiger partial charge on any atom is 0.287 e. The van der Waals surface area contributed by atoms with Crippen molar-refractivity contribution in [3.05, 3.63) is 17.5 Å². The van der Waals surface area contributed by atoms with E-state index in [2.05, 4.69) is 23.2 Å². The molecule has 0 saturated heterocycles. The Labute approximate surface area is 105 Å². The Bertz CT molecular complexity index is 369. The maximum atomic E-state index is 11.2. The Kier molecular flexibility index (Phi) is 5.46. The van der Waals surface area contributed by atoms with E-state index in [9.17, 15) is 4.79 Å². The SMILES string of the molecule is CSCC(C)N(C)Cc1cc(C(=O)NN)no1. The summed E-state index contributed by atoms with van der Waals surface area (Å²) in [6.45, 7) is 2.76. The minimum absolute atomic E-state index is 0.202. The summed E-state index contributed by atoms with van der Waals surface area (Å²) in [5.41, 5.74) is 2.21. The third-order valence-corrected chi connectivity index (χ3v) is 3.30. The topological polar surface area (TPSA) is 84.4 Å². The molecule has 6 nitrogen and oxygen atoms in total. The molecule has 1 amide bonds. The monoisotopic (exact) mass is 258 g/mol. The molecular weight excluding hydrogens is 240 g/mol. The van der Waals surface area contributed by atoms with Crippen molar-refractivity contribution in [2.45, 2.75) is 19.5 Å². The van der Waals surface area contributed by atoms with Crippen molar-refractivity contribution < 1.29 is 9.32 Å². The minimum Gasteiger partial charge on any atom is -0.359 e. The summed E-state index contributed by atoms with van der Waals surface area (Å²) in [6, 6.07) is 2.03. The zero-order valence-corrected chi connectivity index (χ0v) is 11.1. The van der Waals surface area contributed by atoms with Crippen molar-refractivity contribution in [1.82, 2.24) is 15.5 Å². The van der Waals surface area contributed by atoms with E-state index >= 15 is 0 Å². The fourth-order valence-electron chi connectivity index (χ4n) is 1.34. The van der Waals surface area contributed by atoms with Gasteiger partial charge in [-0.3, -0.25) is 15.1 Å². The second-order valence-electron chi connectivity index (χ2n) is 3.87. The van der Waals surface area contributed by atoms with E-state index < -0.39 is 5.91 Å². The van der Waals surface area contributed by atoms with Gasteiger partial charge in [-0.1, -0.05) is 5.16 Å². The number of carbonyl (C=O) groups is 1. The lowest BCUT2D eigenvalue weighted by atomic mass is 10.3. The Balaban J connectivity index is 2.57. The number of nitrogens with two attached hydrogens (primary N) is 1. The summed E-state index contributed by atoms with van der Waals surface area (Å²) >= 11 is 1.79. The number of hydrogen-bond donors (Lipinski definition) is 2. The van der Waals surface area contributed by atoms with E-state index in [1.165, 1.54) is 0 Å². The molecule has 3 N–H and O–H groups in total. The minimum atomic E-state index is -0.445. The van der Waals surface area contributed by atoms with Gasteiger partial charge >= 0.3 is 0 Å². The van der Waals surface area contributed by atoms with Crippen molar-refractivity contribution in [3.63, 3.8) is 0 Å². The van der Waals surface area contributed by atoms with E-state index in [-0.39, 0.29) is 5.69 Å². The molecule has 0 bridgehead atoms. The highest BCUT2D eigenvalue weighted by molar-refractivity contribution is 7.98. The average molecular weight is 258 g/mol. The number of hydrogen-bond acceptors (Lipinski definition) is 6. The highest BCUT2D eigenvalue weighted by Gasteiger charge is 2.15. The first kappa shape index (κ1) is 14.0. The zero-order valence-electron chi connectivity index (χ0n) is 10.3. The lowest BCUT2D eigenvalue weighted by molar-refractivity contribution is 0.0944. The molecule has 7 heteroatoms. The zero-order chi connectivity index (χ0) is 12.8. The van der Waals surface area contributed by atoms with Crippen molar-refractivity contribution >= 4 is 17.7 Å². The average Bonchev–Trinajstić information content (AvgIpc) is 2.76. The van der Waals surface area contributed by atoms with Crippen molar-refractivity contribution in [3.8, 4) is 0 Å². The third kappa shape index (κ3) is 4.03. The number of nitrogen functional groups attached to an aromatic ring is 1. The van der Waals surface area contributed by atoms with Crippen LogP contribution in [0.1, 0.15) is 23.2 Å². The van der Waals surface area contributed by atoms with Gasteiger partial charge in [0.05, 0.1) is 6.54 Å². The summed E-state index contributed by atoms with van der Waals surface area (Å²) < 4.78 is 5.07. The van der Waals surface area contributed by atoms with Gasteiger partial charge in [0.2, 0.25) is 0 Å². The van der Waals surface area contributed by atoms with Crippen LogP contribution >= 0.6 is 11.8 Å². The van der Waals surface area contributed by atoms with Crippen LogP contribution in [0.5, 0.6) is 0 Å². The van der Waals surface area contributed by atoms with Gasteiger partial charge in [0.1, 0.15) is 0 Å². The molecule has 1 aromatic heterocycles. The van der Waals surface area contributed by atoms with E-state index in [1.807, 2.05) is 12.5 Å². The molecule has 0 aromatic carbocycles. The lowest BCUT2D eigenvalue weighted by Crippen LogP contribution is -2.30. The van der Waals surface area contributed by atoms with Crippen LogP contribution in [-0.2, 0) is 6.54 Å². The van der Waals surface area contributed by atoms with Crippen LogP contribution in [0, 0.1) is 0 Å². The third-order valence-electron chi connectivity index (χ3n) is 2.49. The fraction of sp³-hybridized carbons (Fsp3) is 0.600. The molecule has 17 heavy (non-hydrogen) atoms. The van der Waals surface area contributed by atoms with Gasteiger partial charge < -0.3 is 4.52 Å². The number of aromatic nitrogens is 1. The van der Waals surface area contributed by atoms with Crippen molar-refractivity contribution in [2.24, 2.45) is 5.84 Å². The molecule has 1 heterocycles. The van der Waals surface area contributed by atoms with Crippen LogP contribution in [0.2, 0.25) is 0 Å². The van der Waals surface area contributed by atoms with E-state index in [0.29, 0.717) is 18.3 Å². The summed E-state index contributed by atoms with van der Waals surface area (Å²) in [7, 11) is 2.01. The molecule has 0 saturated carbocycles. The first-order chi connectivity index (χ1) is 8.08. The van der Waals surface area contributed by atoms with E-state index in [4.69, 9.17) is 10.4 Å². The van der Waals surface area contributed by atoms with E-state index in [0.717, 1.165) is 5.75 Å². The largest absolute Gasteiger partial charge is 0.359 e. The van der Waals surface area contributed by atoms with E-state index in [1.54, 1.807) is 17.8 Å². The van der Waals surface area contributed by atoms with Gasteiger partial charge in [-0.25, -0.2) is 5.84 Å². The first-order valence-corrected chi connectivity index (χ1v) is 6.63. The van der Waals surface area contributed by atoms with Crippen LogP contribution in [-0.4, -0.2) is 41.1 Å². The van der Waals surface area contributed by atoms with Crippen LogP contribution in [0.15, 0.2) is 10.6 Å². The van der Waals surface area contributed by atoms with Crippen LogP contribution in [0.3, 0.4) is 0 Å². The quantitative estimate of drug-likeness (QED) is 0.438. The molecule has 1 aromatic rings. The number of nitrogens with zero attached hydrogens (tertiary/aromatic N) is 2. The van der Waals surface area contributed by atoms with Crippen LogP contribution in [0.25, 0.3) is 0 Å². The van der Waals surface area contributed by atoms with Gasteiger partial charge in [0.25, 0.3) is 5.91 Å². The predicted molar refractivity (Wildman–Crippen MR) is 67.5 cm³/mol. The molecule has 1 unspecified atom stereocenters. The number of thioether (sulfide) groups is 1. The standard InChI is InChI=1S/C10H18N4O2S/c1-7(6-17-3)14(2)5-8-4-9(13-16-8)10(15)12-11/h4,7H,5-6,11H2,1-3H3,(H,12,15). The van der Waals surface area contributed by atoms with Crippen molar-refractivity contribution in [1.29, 1.82) is 0 Å². The second-order valence-corrected chi connectivity index (χ2v) is 4.78. The Morgan fingerprint density at radius 3 is 3.06 bits per heavy atom. The van der Waals surface area contributed by atoms with Gasteiger partial charge in [-0.05, 0) is 20.2 Å². The number of hydrazine groups is 1. The van der Waals surface area contributed by atoms with Gasteiger partial charge in [-0.2, -0.15) is 11.8 Å². The summed E-state index contributed by atoms with van der Waals surface area (Å²) in [5.74, 6) is 6.26. The lowest BCUT2D eigenvalue weighted by Gasteiger charge is -2.22. The number of carbonyl (C=O) groups excluding carboxylic acids is 1. The molecular formula is C10H18N4O2S. The smallest absolute Gasteiger partial charge is 0.287 e. The molecule has 0 aliphatic rings. The van der Waals surface area contributed by atoms with Gasteiger partial charge in [-0.15, -0.1) is 0 Å². The summed E-state index contributed by atoms with van der Waals surface area (Å²) in [4.78, 5) is 13.3. The first-order valence-electron chi connectivity index (χ1n) is 5.24. The number of nitrogens with one attached hydrogen (secondary N) is 1.